The highest BCUT2D eigenvalue weighted by molar-refractivity contribution is 5.84. The van der Waals surface area contributed by atoms with Crippen molar-refractivity contribution in [2.45, 2.75) is 53.0 Å². The summed E-state index contributed by atoms with van der Waals surface area (Å²) in [6.07, 6.45) is 3.70. The summed E-state index contributed by atoms with van der Waals surface area (Å²) in [5.41, 5.74) is 3.69. The van der Waals surface area contributed by atoms with Crippen molar-refractivity contribution in [3.63, 3.8) is 0 Å². The molecule has 0 aliphatic carbocycles. The van der Waals surface area contributed by atoms with Crippen LogP contribution in [0, 0.1) is 26.2 Å². The van der Waals surface area contributed by atoms with E-state index in [1.54, 1.807) is 6.92 Å². The normalized spacial score (nSPS) is 18.2. The zero-order valence-corrected chi connectivity index (χ0v) is 19.5. The van der Waals surface area contributed by atoms with Crippen molar-refractivity contribution in [3.05, 3.63) is 53.2 Å². The second kappa shape index (κ2) is 8.57. The van der Waals surface area contributed by atoms with Gasteiger partial charge in [-0.15, -0.1) is 0 Å². The predicted octanol–water partition coefficient (Wildman–Crippen LogP) is 3.86. The molecule has 0 radical (unpaired) electrons. The lowest BCUT2D eigenvalue weighted by Crippen LogP contribution is -2.53. The van der Waals surface area contributed by atoms with Crippen LogP contribution in [0.2, 0.25) is 0 Å². The SMILES string of the molecule is Cc1cc(C)nc(N2CCC3(CCCN(Cc4cccc(-c5noc(C)n5)c4)C3=O)CC2)n1. The van der Waals surface area contributed by atoms with Gasteiger partial charge in [0.15, 0.2) is 0 Å². The van der Waals surface area contributed by atoms with Crippen LogP contribution in [-0.4, -0.2) is 50.5 Å². The summed E-state index contributed by atoms with van der Waals surface area (Å²) in [4.78, 5) is 31.5. The number of piperidine rings is 2. The maximum Gasteiger partial charge on any atom is 0.229 e. The quantitative estimate of drug-likeness (QED) is 0.601. The van der Waals surface area contributed by atoms with Crippen molar-refractivity contribution in [2.24, 2.45) is 5.41 Å². The molecule has 2 saturated heterocycles. The fraction of sp³-hybridized carbons (Fsp3) is 0.480. The molecular weight excluding hydrogens is 416 g/mol. The number of amides is 1. The fourth-order valence-corrected chi connectivity index (χ4v) is 5.20. The van der Waals surface area contributed by atoms with Crippen LogP contribution in [0.1, 0.15) is 48.5 Å². The first-order valence-corrected chi connectivity index (χ1v) is 11.7. The summed E-state index contributed by atoms with van der Waals surface area (Å²) >= 11 is 0. The second-order valence-corrected chi connectivity index (χ2v) is 9.39. The van der Waals surface area contributed by atoms with E-state index in [0.29, 0.717) is 18.3 Å². The standard InChI is InChI=1S/C25H30N6O2/c1-17-14-18(2)27-24(26-17)30-12-9-25(10-13-30)8-5-11-31(23(25)32)16-20-6-4-7-21(15-20)22-28-19(3)33-29-22/h4,6-7,14-15H,5,8-13,16H2,1-3H3. The first-order valence-electron chi connectivity index (χ1n) is 11.7. The Morgan fingerprint density at radius 2 is 1.73 bits per heavy atom. The highest BCUT2D eigenvalue weighted by Crippen LogP contribution is 2.42. The topological polar surface area (TPSA) is 88.3 Å². The predicted molar refractivity (Wildman–Crippen MR) is 125 cm³/mol. The van der Waals surface area contributed by atoms with Gasteiger partial charge in [-0.3, -0.25) is 4.79 Å². The average Bonchev–Trinajstić information content (AvgIpc) is 3.23. The molecule has 1 aromatic carbocycles. The molecule has 0 atom stereocenters. The molecule has 0 saturated carbocycles. The number of rotatable bonds is 4. The van der Waals surface area contributed by atoms with E-state index in [4.69, 9.17) is 4.52 Å². The number of carbonyl (C=O) groups is 1. The lowest BCUT2D eigenvalue weighted by molar-refractivity contribution is -0.148. The molecule has 8 heteroatoms. The fourth-order valence-electron chi connectivity index (χ4n) is 5.20. The van der Waals surface area contributed by atoms with Crippen molar-refractivity contribution in [2.75, 3.05) is 24.5 Å². The Bertz CT molecular complexity index is 1140. The number of benzene rings is 1. The maximum atomic E-state index is 13.7. The molecule has 2 aromatic heterocycles. The second-order valence-electron chi connectivity index (χ2n) is 9.39. The Morgan fingerprint density at radius 3 is 2.42 bits per heavy atom. The van der Waals surface area contributed by atoms with Crippen LogP contribution >= 0.6 is 0 Å². The summed E-state index contributed by atoms with van der Waals surface area (Å²) in [6, 6.07) is 10.1. The molecule has 2 fully saturated rings. The highest BCUT2D eigenvalue weighted by atomic mass is 16.5. The number of nitrogens with zero attached hydrogens (tertiary/aromatic N) is 6. The first kappa shape index (κ1) is 21.6. The molecule has 2 aliphatic rings. The van der Waals surface area contributed by atoms with Gasteiger partial charge in [0.2, 0.25) is 23.6 Å². The van der Waals surface area contributed by atoms with Gasteiger partial charge in [0.25, 0.3) is 0 Å². The zero-order chi connectivity index (χ0) is 23.0. The molecule has 5 rings (SSSR count). The molecular formula is C25H30N6O2. The van der Waals surface area contributed by atoms with E-state index in [1.165, 1.54) is 0 Å². The van der Waals surface area contributed by atoms with E-state index in [2.05, 4.69) is 37.1 Å². The molecule has 0 bridgehead atoms. The van der Waals surface area contributed by atoms with Crippen LogP contribution in [0.25, 0.3) is 11.4 Å². The van der Waals surface area contributed by atoms with Gasteiger partial charge in [0.1, 0.15) is 0 Å². The Kier molecular flexibility index (Phi) is 5.60. The van der Waals surface area contributed by atoms with E-state index >= 15 is 0 Å². The maximum absolute atomic E-state index is 13.7. The molecule has 0 N–H and O–H groups in total. The Hall–Kier alpha value is -3.29. The van der Waals surface area contributed by atoms with Crippen molar-refractivity contribution < 1.29 is 9.32 Å². The van der Waals surface area contributed by atoms with Crippen LogP contribution in [0.4, 0.5) is 5.95 Å². The Balaban J connectivity index is 1.28. The summed E-state index contributed by atoms with van der Waals surface area (Å²) in [5.74, 6) is 2.20. The zero-order valence-electron chi connectivity index (χ0n) is 19.5. The van der Waals surface area contributed by atoms with Crippen LogP contribution in [0.15, 0.2) is 34.9 Å². The number of aromatic nitrogens is 4. The van der Waals surface area contributed by atoms with Crippen molar-refractivity contribution >= 4 is 11.9 Å². The van der Waals surface area contributed by atoms with E-state index in [-0.39, 0.29) is 11.3 Å². The monoisotopic (exact) mass is 446 g/mol. The summed E-state index contributed by atoms with van der Waals surface area (Å²) in [5, 5.41) is 4.02. The van der Waals surface area contributed by atoms with Crippen LogP contribution < -0.4 is 4.90 Å². The van der Waals surface area contributed by atoms with Gasteiger partial charge in [-0.1, -0.05) is 23.4 Å². The van der Waals surface area contributed by atoms with Gasteiger partial charge >= 0.3 is 0 Å². The number of anilines is 1. The molecule has 0 unspecified atom stereocenters. The molecule has 8 nitrogen and oxygen atoms in total. The molecule has 33 heavy (non-hydrogen) atoms. The lowest BCUT2D eigenvalue weighted by Gasteiger charge is -2.46. The third-order valence-electron chi connectivity index (χ3n) is 6.88. The molecule has 4 heterocycles. The third-order valence-corrected chi connectivity index (χ3v) is 6.88. The minimum absolute atomic E-state index is 0.268. The van der Waals surface area contributed by atoms with E-state index in [9.17, 15) is 4.79 Å². The molecule has 2 aliphatic heterocycles. The van der Waals surface area contributed by atoms with Gasteiger partial charge in [0.05, 0.1) is 5.41 Å². The van der Waals surface area contributed by atoms with E-state index in [1.807, 2.05) is 36.9 Å². The summed E-state index contributed by atoms with van der Waals surface area (Å²) in [7, 11) is 0. The molecule has 1 spiro atoms. The Labute approximate surface area is 194 Å². The largest absolute Gasteiger partial charge is 0.341 e. The van der Waals surface area contributed by atoms with Crippen molar-refractivity contribution in [1.82, 2.24) is 25.0 Å². The van der Waals surface area contributed by atoms with E-state index < -0.39 is 0 Å². The number of hydrogen-bond acceptors (Lipinski definition) is 7. The Morgan fingerprint density at radius 1 is 0.970 bits per heavy atom. The minimum Gasteiger partial charge on any atom is -0.341 e. The molecule has 172 valence electrons. The van der Waals surface area contributed by atoms with Gasteiger partial charge in [-0.25, -0.2) is 9.97 Å². The highest BCUT2D eigenvalue weighted by Gasteiger charge is 2.45. The lowest BCUT2D eigenvalue weighted by atomic mass is 9.71. The van der Waals surface area contributed by atoms with Crippen LogP contribution in [0.5, 0.6) is 0 Å². The summed E-state index contributed by atoms with van der Waals surface area (Å²) < 4.78 is 5.12. The van der Waals surface area contributed by atoms with E-state index in [0.717, 1.165) is 73.8 Å². The van der Waals surface area contributed by atoms with Gasteiger partial charge in [0, 0.05) is 50.1 Å². The average molecular weight is 447 g/mol. The number of hydrogen-bond donors (Lipinski definition) is 0. The van der Waals surface area contributed by atoms with Gasteiger partial charge < -0.3 is 14.3 Å². The van der Waals surface area contributed by atoms with Gasteiger partial charge in [-0.05, 0) is 57.2 Å². The van der Waals surface area contributed by atoms with Crippen molar-refractivity contribution in [3.8, 4) is 11.4 Å². The van der Waals surface area contributed by atoms with Crippen LogP contribution in [-0.2, 0) is 11.3 Å². The summed E-state index contributed by atoms with van der Waals surface area (Å²) in [6.45, 7) is 8.82. The smallest absolute Gasteiger partial charge is 0.229 e. The minimum atomic E-state index is -0.268. The number of aryl methyl sites for hydroxylation is 3. The number of carbonyl (C=O) groups excluding carboxylic acids is 1. The first-order chi connectivity index (χ1) is 15.9. The third kappa shape index (κ3) is 4.34. The van der Waals surface area contributed by atoms with Crippen LogP contribution in [0.3, 0.4) is 0 Å². The van der Waals surface area contributed by atoms with Crippen molar-refractivity contribution in [1.29, 1.82) is 0 Å². The number of likely N-dealkylation sites (tertiary alicyclic amines) is 1. The molecule has 3 aromatic rings. The van der Waals surface area contributed by atoms with Gasteiger partial charge in [-0.2, -0.15) is 4.98 Å². The molecule has 1 amide bonds.